The van der Waals surface area contributed by atoms with Crippen molar-refractivity contribution in [3.8, 4) is 51.5 Å². The number of benzene rings is 7. The molecular weight excluding hydrogens is 649 g/mol. The monoisotopic (exact) mass is 676 g/mol. The Labute approximate surface area is 305 Å². The molecule has 0 N–H and O–H groups in total. The van der Waals surface area contributed by atoms with Gasteiger partial charge in [0, 0.05) is 22.2 Å². The summed E-state index contributed by atoms with van der Waals surface area (Å²) in [5, 5.41) is 20.7. The summed E-state index contributed by atoms with van der Waals surface area (Å²) in [4.78, 5) is 5.13. The Morgan fingerprint density at radius 3 is 1.98 bits per heavy atom. The number of hydrogen-bond acceptors (Lipinski definition) is 4. The van der Waals surface area contributed by atoms with Crippen molar-refractivity contribution < 1.29 is 4.42 Å². The normalized spacial score (nSPS) is 14.5. The molecule has 2 heterocycles. The summed E-state index contributed by atoms with van der Waals surface area (Å²) >= 11 is 0. The van der Waals surface area contributed by atoms with Crippen LogP contribution in [0.25, 0.3) is 61.3 Å². The molecule has 246 valence electrons. The number of hydrogen-bond donors (Lipinski definition) is 0. The average molecular weight is 677 g/mol. The molecule has 0 bridgehead atoms. The van der Waals surface area contributed by atoms with Gasteiger partial charge >= 0.3 is 0 Å². The van der Waals surface area contributed by atoms with Crippen LogP contribution in [0, 0.1) is 22.7 Å². The summed E-state index contributed by atoms with van der Waals surface area (Å²) in [7, 11) is 0. The van der Waals surface area contributed by atoms with Crippen LogP contribution in [0.3, 0.4) is 0 Å². The van der Waals surface area contributed by atoms with Gasteiger partial charge in [0.1, 0.15) is 11.4 Å². The lowest BCUT2D eigenvalue weighted by Gasteiger charge is -2.34. The highest BCUT2D eigenvalue weighted by molar-refractivity contribution is 6.09. The first-order valence-corrected chi connectivity index (χ1v) is 17.5. The summed E-state index contributed by atoms with van der Waals surface area (Å²) in [6.07, 6.45) is 1.81. The molecule has 0 aliphatic heterocycles. The third-order valence-electron chi connectivity index (χ3n) is 10.6. The maximum Gasteiger partial charge on any atom is 0.145 e. The SMILES string of the molecule is N#Cc1ccc(-c2coc3ccc4c(c23)-c2ccc(C#N)cc2C4(c2ccccc2)c2ccc(-c3nc4ccccc4n3-c3ccccc3)cc2)cc1. The topological polar surface area (TPSA) is 78.5 Å². The van der Waals surface area contributed by atoms with Gasteiger partial charge in [0.15, 0.2) is 0 Å². The first-order chi connectivity index (χ1) is 26.2. The Balaban J connectivity index is 1.25. The minimum Gasteiger partial charge on any atom is -0.464 e. The number of rotatable bonds is 5. The zero-order valence-corrected chi connectivity index (χ0v) is 28.4. The number of nitriles is 2. The molecular formula is C48H28N4O. The molecule has 0 radical (unpaired) electrons. The first-order valence-electron chi connectivity index (χ1n) is 17.5. The van der Waals surface area contributed by atoms with E-state index in [1.165, 1.54) is 0 Å². The number of para-hydroxylation sites is 3. The van der Waals surface area contributed by atoms with Crippen molar-refractivity contribution in [2.24, 2.45) is 0 Å². The summed E-state index contributed by atoms with van der Waals surface area (Å²) in [5.74, 6) is 0.865. The molecule has 10 rings (SSSR count). The molecule has 7 aromatic carbocycles. The van der Waals surface area contributed by atoms with E-state index in [0.717, 1.165) is 83.6 Å². The molecule has 0 saturated heterocycles. The maximum absolute atomic E-state index is 10.2. The van der Waals surface area contributed by atoms with E-state index in [4.69, 9.17) is 9.40 Å². The number of imidazole rings is 1. The Morgan fingerprint density at radius 1 is 0.566 bits per heavy atom. The van der Waals surface area contributed by atoms with Crippen LogP contribution in [0.5, 0.6) is 0 Å². The highest BCUT2D eigenvalue weighted by Gasteiger charge is 2.47. The zero-order valence-electron chi connectivity index (χ0n) is 28.4. The van der Waals surface area contributed by atoms with Crippen LogP contribution in [-0.4, -0.2) is 9.55 Å². The third-order valence-corrected chi connectivity index (χ3v) is 10.6. The van der Waals surface area contributed by atoms with Crippen LogP contribution in [-0.2, 0) is 5.41 Å². The van der Waals surface area contributed by atoms with Gasteiger partial charge in [-0.1, -0.05) is 109 Å². The molecule has 5 heteroatoms. The lowest BCUT2D eigenvalue weighted by Crippen LogP contribution is -2.28. The summed E-state index contributed by atoms with van der Waals surface area (Å²) in [5.41, 5.74) is 13.6. The molecule has 1 unspecified atom stereocenters. The fourth-order valence-corrected chi connectivity index (χ4v) is 8.35. The van der Waals surface area contributed by atoms with Crippen molar-refractivity contribution in [2.45, 2.75) is 5.41 Å². The predicted molar refractivity (Wildman–Crippen MR) is 208 cm³/mol. The van der Waals surface area contributed by atoms with Crippen molar-refractivity contribution in [3.63, 3.8) is 0 Å². The minimum atomic E-state index is -0.746. The van der Waals surface area contributed by atoms with Crippen LogP contribution < -0.4 is 0 Å². The summed E-state index contributed by atoms with van der Waals surface area (Å²) in [6.45, 7) is 0. The lowest BCUT2D eigenvalue weighted by molar-refractivity contribution is 0.616. The van der Waals surface area contributed by atoms with Crippen molar-refractivity contribution in [1.29, 1.82) is 10.5 Å². The molecule has 9 aromatic rings. The summed E-state index contributed by atoms with van der Waals surface area (Å²) in [6, 6.07) is 60.5. The Hall–Kier alpha value is -7.47. The fourth-order valence-electron chi connectivity index (χ4n) is 8.35. The van der Waals surface area contributed by atoms with Gasteiger partial charge in [-0.2, -0.15) is 10.5 Å². The molecule has 1 aliphatic carbocycles. The van der Waals surface area contributed by atoms with Crippen LogP contribution in [0.1, 0.15) is 33.4 Å². The molecule has 1 aliphatic rings. The second kappa shape index (κ2) is 11.8. The average Bonchev–Trinajstić information content (AvgIpc) is 3.92. The van der Waals surface area contributed by atoms with Crippen molar-refractivity contribution in [3.05, 3.63) is 203 Å². The molecule has 0 saturated carbocycles. The zero-order chi connectivity index (χ0) is 35.5. The van der Waals surface area contributed by atoms with Gasteiger partial charge in [-0.15, -0.1) is 0 Å². The number of furan rings is 1. The Kier molecular flexibility index (Phi) is 6.76. The minimum absolute atomic E-state index is 0.598. The molecule has 0 spiro atoms. The maximum atomic E-state index is 10.2. The van der Waals surface area contributed by atoms with E-state index >= 15 is 0 Å². The highest BCUT2D eigenvalue weighted by atomic mass is 16.3. The quantitative estimate of drug-likeness (QED) is 0.182. The van der Waals surface area contributed by atoms with E-state index in [0.29, 0.717) is 11.1 Å². The van der Waals surface area contributed by atoms with Gasteiger partial charge in [-0.25, -0.2) is 4.98 Å². The van der Waals surface area contributed by atoms with Crippen LogP contribution >= 0.6 is 0 Å². The van der Waals surface area contributed by atoms with E-state index in [2.05, 4.69) is 126 Å². The number of nitrogens with zero attached hydrogens (tertiary/aromatic N) is 4. The van der Waals surface area contributed by atoms with Gasteiger partial charge in [0.05, 0.1) is 46.0 Å². The van der Waals surface area contributed by atoms with Crippen LogP contribution in [0.15, 0.2) is 174 Å². The largest absolute Gasteiger partial charge is 0.464 e. The number of aromatic nitrogens is 2. The smallest absolute Gasteiger partial charge is 0.145 e. The van der Waals surface area contributed by atoms with Crippen molar-refractivity contribution in [2.75, 3.05) is 0 Å². The van der Waals surface area contributed by atoms with Crippen LogP contribution in [0.4, 0.5) is 0 Å². The second-order valence-electron chi connectivity index (χ2n) is 13.4. The standard InChI is InChI=1S/C48H28N4O/c49-28-31-15-18-33(19-16-31)39-30-53-44-26-25-40-45(46(39)44)38-24-17-32(29-50)27-41(38)48(40,35-9-3-1-4-10-35)36-22-20-34(21-23-36)47-51-42-13-7-8-14-43(42)52(47)37-11-5-2-6-12-37/h1-27,30H. The van der Waals surface area contributed by atoms with Gasteiger partial charge in [-0.3, -0.25) is 4.57 Å². The Bertz CT molecular complexity index is 2940. The van der Waals surface area contributed by atoms with Gasteiger partial charge in [-0.05, 0) is 93.5 Å². The molecule has 0 amide bonds. The van der Waals surface area contributed by atoms with Crippen molar-refractivity contribution in [1.82, 2.24) is 9.55 Å². The molecule has 5 nitrogen and oxygen atoms in total. The van der Waals surface area contributed by atoms with E-state index < -0.39 is 5.41 Å². The van der Waals surface area contributed by atoms with Gasteiger partial charge in [0.2, 0.25) is 0 Å². The van der Waals surface area contributed by atoms with Crippen molar-refractivity contribution >= 4 is 22.0 Å². The second-order valence-corrected chi connectivity index (χ2v) is 13.4. The lowest BCUT2D eigenvalue weighted by atomic mass is 9.67. The third kappa shape index (κ3) is 4.45. The van der Waals surface area contributed by atoms with E-state index in [9.17, 15) is 10.5 Å². The molecule has 53 heavy (non-hydrogen) atoms. The fraction of sp³-hybridized carbons (Fsp3) is 0.0208. The van der Waals surface area contributed by atoms with Crippen LogP contribution in [0.2, 0.25) is 0 Å². The summed E-state index contributed by atoms with van der Waals surface area (Å²) < 4.78 is 8.45. The van der Waals surface area contributed by atoms with E-state index in [1.54, 1.807) is 0 Å². The number of fused-ring (bicyclic) bond motifs is 6. The first kappa shape index (κ1) is 30.4. The van der Waals surface area contributed by atoms with Gasteiger partial charge in [0.25, 0.3) is 0 Å². The predicted octanol–water partition coefficient (Wildman–Crippen LogP) is 11.2. The van der Waals surface area contributed by atoms with E-state index in [-0.39, 0.29) is 0 Å². The Morgan fingerprint density at radius 2 is 1.23 bits per heavy atom. The molecule has 0 fully saturated rings. The molecule has 2 aromatic heterocycles. The van der Waals surface area contributed by atoms with Gasteiger partial charge < -0.3 is 4.42 Å². The molecule has 1 atom stereocenters. The highest BCUT2D eigenvalue weighted by Crippen LogP contribution is 2.59. The van der Waals surface area contributed by atoms with E-state index in [1.807, 2.05) is 60.9 Å².